The lowest BCUT2D eigenvalue weighted by molar-refractivity contribution is 0.00578. The number of rotatable bonds is 7. The maximum atomic E-state index is 12.9. The number of benzene rings is 2. The zero-order valence-electron chi connectivity index (χ0n) is 22.7. The van der Waals surface area contributed by atoms with Crippen molar-refractivity contribution in [3.05, 3.63) is 82.0 Å². The maximum Gasteiger partial charge on any atom is 0.492 e. The predicted molar refractivity (Wildman–Crippen MR) is 156 cm³/mol. The third-order valence-corrected chi connectivity index (χ3v) is 8.47. The Labute approximate surface area is 238 Å². The Kier molecular flexibility index (Phi) is 7.79. The molecule has 1 N–H and O–H groups in total. The average molecular weight is 564 g/mol. The Morgan fingerprint density at radius 2 is 1.67 bits per heavy atom. The van der Waals surface area contributed by atoms with Crippen molar-refractivity contribution in [2.45, 2.75) is 50.0 Å². The van der Waals surface area contributed by atoms with Gasteiger partial charge in [0.05, 0.1) is 11.2 Å². The Hall–Kier alpha value is -2.85. The van der Waals surface area contributed by atoms with Gasteiger partial charge in [-0.25, -0.2) is 14.8 Å². The monoisotopic (exact) mass is 563 g/mol. The van der Waals surface area contributed by atoms with E-state index < -0.39 is 24.4 Å². The first kappa shape index (κ1) is 27.7. The van der Waals surface area contributed by atoms with Gasteiger partial charge < -0.3 is 19.4 Å². The van der Waals surface area contributed by atoms with Crippen LogP contribution in [0.5, 0.6) is 0 Å². The zero-order valence-corrected chi connectivity index (χ0v) is 24.2. The minimum atomic E-state index is -0.694. The fraction of sp³-hybridized carbons (Fsp3) is 0.345. The van der Waals surface area contributed by atoms with Gasteiger partial charge in [0.1, 0.15) is 11.8 Å². The van der Waals surface area contributed by atoms with Crippen molar-refractivity contribution >= 4 is 42.7 Å². The highest BCUT2D eigenvalue weighted by Gasteiger charge is 2.52. The molecule has 39 heavy (non-hydrogen) atoms. The SMILES string of the molecule is CSc1ncc(C=C(CNC(=O)OCC2c3ccccc3-c3ccccc32)B2OC(C)(C)C(C)(C)O2)c(Cl)n1. The molecule has 0 unspecified atom stereocenters. The van der Waals surface area contributed by atoms with Gasteiger partial charge in [-0.3, -0.25) is 0 Å². The summed E-state index contributed by atoms with van der Waals surface area (Å²) >= 11 is 7.84. The number of halogens is 1. The second-order valence-corrected chi connectivity index (χ2v) is 11.7. The summed E-state index contributed by atoms with van der Waals surface area (Å²) in [5.74, 6) is -0.0211. The van der Waals surface area contributed by atoms with Crippen LogP contribution in [0.1, 0.15) is 50.3 Å². The van der Waals surface area contributed by atoms with Crippen LogP contribution in [0.15, 0.2) is 65.4 Å². The number of aromatic nitrogens is 2. The van der Waals surface area contributed by atoms with Gasteiger partial charge in [0.25, 0.3) is 0 Å². The maximum absolute atomic E-state index is 12.9. The van der Waals surface area contributed by atoms with E-state index in [-0.39, 0.29) is 19.1 Å². The molecule has 0 radical (unpaired) electrons. The van der Waals surface area contributed by atoms with E-state index in [0.717, 1.165) is 11.1 Å². The number of carbonyl (C=O) groups is 1. The lowest BCUT2D eigenvalue weighted by atomic mass is 9.77. The molecule has 2 aliphatic rings. The summed E-state index contributed by atoms with van der Waals surface area (Å²) in [6.45, 7) is 8.28. The molecule has 1 aliphatic carbocycles. The van der Waals surface area contributed by atoms with Crippen LogP contribution >= 0.6 is 23.4 Å². The number of thioether (sulfide) groups is 1. The summed E-state index contributed by atoms with van der Waals surface area (Å²) < 4.78 is 18.3. The van der Waals surface area contributed by atoms with E-state index in [0.29, 0.717) is 21.3 Å². The van der Waals surface area contributed by atoms with Crippen molar-refractivity contribution in [2.24, 2.45) is 0 Å². The first-order valence-electron chi connectivity index (χ1n) is 12.8. The topological polar surface area (TPSA) is 82.6 Å². The standard InChI is InChI=1S/C29H31BClN3O4S/c1-28(2)29(3,4)38-30(37-28)19(14-18-15-32-26(39-5)34-25(18)31)16-33-27(35)36-17-24-22-12-8-6-10-20(22)21-11-7-9-13-23(21)24/h6-15,24H,16-17H2,1-5H3,(H,33,35). The van der Waals surface area contributed by atoms with Crippen LogP contribution in [-0.2, 0) is 14.0 Å². The minimum Gasteiger partial charge on any atom is -0.449 e. The van der Waals surface area contributed by atoms with E-state index in [1.54, 1.807) is 12.3 Å². The molecular weight excluding hydrogens is 533 g/mol. The third kappa shape index (κ3) is 5.59. The first-order valence-corrected chi connectivity index (χ1v) is 14.4. The highest BCUT2D eigenvalue weighted by Crippen LogP contribution is 2.44. The number of amides is 1. The van der Waals surface area contributed by atoms with E-state index in [2.05, 4.69) is 39.6 Å². The number of fused-ring (bicyclic) bond motifs is 3. The van der Waals surface area contributed by atoms with E-state index in [9.17, 15) is 4.79 Å². The van der Waals surface area contributed by atoms with Crippen molar-refractivity contribution in [3.8, 4) is 11.1 Å². The highest BCUT2D eigenvalue weighted by atomic mass is 35.5. The van der Waals surface area contributed by atoms with Gasteiger partial charge in [-0.15, -0.1) is 0 Å². The Bertz CT molecular complexity index is 1370. The van der Waals surface area contributed by atoms with Crippen LogP contribution in [0.3, 0.4) is 0 Å². The minimum absolute atomic E-state index is 0.0211. The number of alkyl carbamates (subject to hydrolysis) is 1. The molecule has 0 atom stereocenters. The molecule has 2 aromatic carbocycles. The second-order valence-electron chi connectivity index (χ2n) is 10.6. The molecule has 5 rings (SSSR count). The molecule has 1 fully saturated rings. The molecule has 1 aromatic heterocycles. The van der Waals surface area contributed by atoms with E-state index >= 15 is 0 Å². The van der Waals surface area contributed by atoms with Gasteiger partial charge in [-0.2, -0.15) is 0 Å². The summed E-state index contributed by atoms with van der Waals surface area (Å²) in [6, 6.07) is 16.5. The normalized spacial score (nSPS) is 17.6. The van der Waals surface area contributed by atoms with Crippen molar-refractivity contribution in [3.63, 3.8) is 0 Å². The van der Waals surface area contributed by atoms with Gasteiger partial charge >= 0.3 is 13.2 Å². The summed E-state index contributed by atoms with van der Waals surface area (Å²) in [7, 11) is -0.694. The van der Waals surface area contributed by atoms with Crippen molar-refractivity contribution < 1.29 is 18.8 Å². The summed E-state index contributed by atoms with van der Waals surface area (Å²) in [6.07, 6.45) is 4.81. The molecule has 0 spiro atoms. The number of carbonyl (C=O) groups excluding carboxylic acids is 1. The summed E-state index contributed by atoms with van der Waals surface area (Å²) in [5, 5.41) is 3.76. The second kappa shape index (κ2) is 11.0. The fourth-order valence-corrected chi connectivity index (χ4v) is 5.35. The number of nitrogens with one attached hydrogen (secondary N) is 1. The highest BCUT2D eigenvalue weighted by molar-refractivity contribution is 7.98. The van der Waals surface area contributed by atoms with Gasteiger partial charge in [0, 0.05) is 24.2 Å². The Balaban J connectivity index is 1.31. The number of nitrogens with zero attached hydrogens (tertiary/aromatic N) is 2. The average Bonchev–Trinajstić information content (AvgIpc) is 3.35. The lowest BCUT2D eigenvalue weighted by Gasteiger charge is -2.32. The van der Waals surface area contributed by atoms with Gasteiger partial charge in [-0.05, 0) is 61.7 Å². The fourth-order valence-electron chi connectivity index (χ4n) is 4.77. The first-order chi connectivity index (χ1) is 18.6. The molecule has 2 heterocycles. The van der Waals surface area contributed by atoms with Gasteiger partial charge in [0.2, 0.25) is 0 Å². The number of ether oxygens (including phenoxy) is 1. The van der Waals surface area contributed by atoms with Crippen molar-refractivity contribution in [1.82, 2.24) is 15.3 Å². The van der Waals surface area contributed by atoms with Crippen LogP contribution in [0.2, 0.25) is 5.15 Å². The van der Waals surface area contributed by atoms with Crippen LogP contribution in [-0.4, -0.2) is 53.8 Å². The quantitative estimate of drug-likeness (QED) is 0.154. The Morgan fingerprint density at radius 3 is 2.23 bits per heavy atom. The molecule has 10 heteroatoms. The summed E-state index contributed by atoms with van der Waals surface area (Å²) in [5.41, 5.74) is 4.85. The molecule has 0 saturated carbocycles. The van der Waals surface area contributed by atoms with Crippen molar-refractivity contribution in [1.29, 1.82) is 0 Å². The molecule has 202 valence electrons. The molecule has 7 nitrogen and oxygen atoms in total. The van der Waals surface area contributed by atoms with Crippen LogP contribution in [0, 0.1) is 0 Å². The van der Waals surface area contributed by atoms with Crippen molar-refractivity contribution in [2.75, 3.05) is 19.4 Å². The Morgan fingerprint density at radius 1 is 1.08 bits per heavy atom. The molecule has 1 aliphatic heterocycles. The van der Waals surface area contributed by atoms with Crippen LogP contribution in [0.25, 0.3) is 17.2 Å². The smallest absolute Gasteiger partial charge is 0.449 e. The molecule has 1 amide bonds. The van der Waals surface area contributed by atoms with E-state index in [1.807, 2.05) is 58.2 Å². The van der Waals surface area contributed by atoms with E-state index in [1.165, 1.54) is 22.9 Å². The third-order valence-electron chi connectivity index (χ3n) is 7.61. The molecule has 3 aromatic rings. The number of hydrogen-bond acceptors (Lipinski definition) is 7. The largest absolute Gasteiger partial charge is 0.492 e. The number of hydrogen-bond donors (Lipinski definition) is 1. The van der Waals surface area contributed by atoms with Gasteiger partial charge in [0.15, 0.2) is 5.16 Å². The molecule has 0 bridgehead atoms. The van der Waals surface area contributed by atoms with Crippen LogP contribution < -0.4 is 5.32 Å². The molecular formula is C29H31BClN3O4S. The van der Waals surface area contributed by atoms with Crippen LogP contribution in [0.4, 0.5) is 4.79 Å². The predicted octanol–water partition coefficient (Wildman–Crippen LogP) is 6.41. The van der Waals surface area contributed by atoms with E-state index in [4.69, 9.17) is 25.6 Å². The molecule has 1 saturated heterocycles. The van der Waals surface area contributed by atoms with Gasteiger partial charge in [-0.1, -0.05) is 78.0 Å². The zero-order chi connectivity index (χ0) is 27.8. The summed E-state index contributed by atoms with van der Waals surface area (Å²) in [4.78, 5) is 21.5. The lowest BCUT2D eigenvalue weighted by Crippen LogP contribution is -2.41.